The number of hydrogen-bond acceptors (Lipinski definition) is 4. The zero-order valence-corrected chi connectivity index (χ0v) is 17.2. The van der Waals surface area contributed by atoms with Crippen LogP contribution in [-0.4, -0.2) is 21.2 Å². The van der Waals surface area contributed by atoms with Gasteiger partial charge in [-0.05, 0) is 36.8 Å². The Hall–Kier alpha value is -3.25. The maximum atomic E-state index is 12.9. The molecule has 0 saturated heterocycles. The zero-order valence-electron chi connectivity index (χ0n) is 16.4. The summed E-state index contributed by atoms with van der Waals surface area (Å²) in [5, 5.41) is 0. The molecule has 6 heteroatoms. The Labute approximate surface area is 173 Å². The lowest BCUT2D eigenvalue weighted by atomic mass is 10.2. The van der Waals surface area contributed by atoms with Gasteiger partial charge in [0.2, 0.25) is 0 Å². The molecule has 0 spiro atoms. The fourth-order valence-electron chi connectivity index (χ4n) is 3.07. The number of hydrogen-bond donors (Lipinski definition) is 1. The van der Waals surface area contributed by atoms with E-state index in [9.17, 15) is 4.21 Å². The van der Waals surface area contributed by atoms with E-state index < -0.39 is 11.0 Å². The number of rotatable bonds is 6. The van der Waals surface area contributed by atoms with Gasteiger partial charge in [0.25, 0.3) is 0 Å². The molecule has 29 heavy (non-hydrogen) atoms. The Kier molecular flexibility index (Phi) is 5.53. The van der Waals surface area contributed by atoms with Crippen molar-refractivity contribution in [3.63, 3.8) is 0 Å². The number of nitrogens with zero attached hydrogens (tertiary/aromatic N) is 3. The third kappa shape index (κ3) is 4.43. The van der Waals surface area contributed by atoms with Gasteiger partial charge in [0.05, 0.1) is 15.9 Å². The Morgan fingerprint density at radius 1 is 0.862 bits per heavy atom. The molecule has 0 aliphatic carbocycles. The zero-order chi connectivity index (χ0) is 20.2. The molecule has 0 bridgehead atoms. The van der Waals surface area contributed by atoms with E-state index in [1.807, 2.05) is 85.6 Å². The lowest BCUT2D eigenvalue weighted by Crippen LogP contribution is -2.21. The Morgan fingerprint density at radius 3 is 2.17 bits per heavy atom. The summed E-state index contributed by atoms with van der Waals surface area (Å²) < 4.78 is 16.0. The molecule has 0 aliphatic rings. The van der Waals surface area contributed by atoms with Crippen LogP contribution >= 0.6 is 0 Å². The van der Waals surface area contributed by atoms with Gasteiger partial charge in [-0.25, -0.2) is 14.2 Å². The van der Waals surface area contributed by atoms with Crippen molar-refractivity contribution in [3.05, 3.63) is 90.0 Å². The number of aryl methyl sites for hydroxylation is 1. The topological polar surface area (TPSA) is 58.1 Å². The van der Waals surface area contributed by atoms with Crippen LogP contribution in [0.1, 0.15) is 11.1 Å². The molecule has 1 atom stereocenters. The van der Waals surface area contributed by atoms with E-state index in [-0.39, 0.29) is 0 Å². The van der Waals surface area contributed by atoms with Gasteiger partial charge >= 0.3 is 0 Å². The summed E-state index contributed by atoms with van der Waals surface area (Å²) >= 11 is 0. The van der Waals surface area contributed by atoms with Gasteiger partial charge in [0.15, 0.2) is 22.6 Å². The first-order chi connectivity index (χ1) is 14.1. The van der Waals surface area contributed by atoms with Gasteiger partial charge in [-0.2, -0.15) is 0 Å². The summed E-state index contributed by atoms with van der Waals surface area (Å²) in [6, 6.07) is 25.5. The van der Waals surface area contributed by atoms with Gasteiger partial charge in [-0.1, -0.05) is 60.2 Å². The maximum Gasteiger partial charge on any atom is 0.182 e. The summed E-state index contributed by atoms with van der Waals surface area (Å²) in [5.41, 5.74) is 3.84. The molecule has 1 N–H and O–H groups in total. The third-order valence-corrected chi connectivity index (χ3v) is 5.68. The molecule has 5 nitrogen and oxygen atoms in total. The van der Waals surface area contributed by atoms with Crippen LogP contribution in [0, 0.1) is 6.92 Å². The van der Waals surface area contributed by atoms with Crippen molar-refractivity contribution in [1.82, 2.24) is 9.97 Å². The Bertz CT molecular complexity index is 1150. The average molecular weight is 403 g/mol. The highest BCUT2D eigenvalue weighted by molar-refractivity contribution is 7.86. The monoisotopic (exact) mass is 402 g/mol. The first-order valence-electron chi connectivity index (χ1n) is 9.37. The summed E-state index contributed by atoms with van der Waals surface area (Å²) in [4.78, 5) is 12.2. The first kappa shape index (κ1) is 19.1. The molecular formula is C23H22N4OS. The summed E-state index contributed by atoms with van der Waals surface area (Å²) in [7, 11) is 0.526. The Balaban J connectivity index is 1.69. The maximum absolute atomic E-state index is 12.9. The van der Waals surface area contributed by atoms with Crippen molar-refractivity contribution in [3.8, 4) is 0 Å². The van der Waals surface area contributed by atoms with Crippen LogP contribution in [0.2, 0.25) is 0 Å². The van der Waals surface area contributed by atoms with Crippen molar-refractivity contribution < 1.29 is 4.21 Å². The van der Waals surface area contributed by atoms with Gasteiger partial charge in [-0.15, -0.1) is 0 Å². The second kappa shape index (κ2) is 8.41. The van der Waals surface area contributed by atoms with Gasteiger partial charge in [-0.3, -0.25) is 4.72 Å². The van der Waals surface area contributed by atoms with Gasteiger partial charge in [0, 0.05) is 13.6 Å². The highest BCUT2D eigenvalue weighted by atomic mass is 32.2. The molecule has 1 unspecified atom stereocenters. The molecule has 0 amide bonds. The highest BCUT2D eigenvalue weighted by Crippen LogP contribution is 2.26. The molecule has 0 radical (unpaired) electrons. The predicted molar refractivity (Wildman–Crippen MR) is 119 cm³/mol. The smallest absolute Gasteiger partial charge is 0.182 e. The van der Waals surface area contributed by atoms with E-state index in [1.54, 1.807) is 0 Å². The van der Waals surface area contributed by atoms with Crippen molar-refractivity contribution in [2.24, 2.45) is 0 Å². The van der Waals surface area contributed by atoms with Crippen LogP contribution in [-0.2, 0) is 17.5 Å². The van der Waals surface area contributed by atoms with Crippen LogP contribution in [0.3, 0.4) is 0 Å². The van der Waals surface area contributed by atoms with Crippen LogP contribution in [0.5, 0.6) is 0 Å². The van der Waals surface area contributed by atoms with Crippen LogP contribution in [0.25, 0.3) is 11.0 Å². The molecule has 4 aromatic rings. The molecular weight excluding hydrogens is 380 g/mol. The SMILES string of the molecule is Cc1ccc(S(=O)Nc2nc3ccccc3nc2N(C)Cc2ccccc2)cc1. The number of fused-ring (bicyclic) bond motifs is 1. The summed E-state index contributed by atoms with van der Waals surface area (Å²) in [6.45, 7) is 2.67. The van der Waals surface area contributed by atoms with E-state index in [1.165, 1.54) is 0 Å². The number of benzene rings is 3. The van der Waals surface area contributed by atoms with Crippen LogP contribution in [0.15, 0.2) is 83.8 Å². The molecule has 4 rings (SSSR count). The number of nitrogens with one attached hydrogen (secondary N) is 1. The van der Waals surface area contributed by atoms with E-state index in [0.29, 0.717) is 23.1 Å². The average Bonchev–Trinajstić information content (AvgIpc) is 2.74. The molecule has 1 aromatic heterocycles. The van der Waals surface area contributed by atoms with Crippen molar-refractivity contribution >= 4 is 33.7 Å². The highest BCUT2D eigenvalue weighted by Gasteiger charge is 2.16. The lowest BCUT2D eigenvalue weighted by Gasteiger charge is -2.21. The van der Waals surface area contributed by atoms with Gasteiger partial charge < -0.3 is 4.90 Å². The van der Waals surface area contributed by atoms with E-state index in [2.05, 4.69) is 16.9 Å². The molecule has 0 fully saturated rings. The van der Waals surface area contributed by atoms with E-state index in [4.69, 9.17) is 9.97 Å². The normalized spacial score (nSPS) is 11.9. The van der Waals surface area contributed by atoms with E-state index >= 15 is 0 Å². The first-order valence-corrected chi connectivity index (χ1v) is 10.5. The summed E-state index contributed by atoms with van der Waals surface area (Å²) in [5.74, 6) is 1.16. The number of aromatic nitrogens is 2. The van der Waals surface area contributed by atoms with Crippen LogP contribution < -0.4 is 9.62 Å². The van der Waals surface area contributed by atoms with Crippen LogP contribution in [0.4, 0.5) is 11.6 Å². The van der Waals surface area contributed by atoms with E-state index in [0.717, 1.165) is 22.2 Å². The standard InChI is InChI=1S/C23H22N4OS/c1-17-12-14-19(15-13-17)29(28)26-22-23(25-21-11-7-6-10-20(21)24-22)27(2)16-18-8-4-3-5-9-18/h3-15H,16H2,1-2H3,(H,24,26). The minimum atomic E-state index is -1.44. The molecule has 0 saturated carbocycles. The second-order valence-corrected chi connectivity index (χ2v) is 8.12. The second-order valence-electron chi connectivity index (χ2n) is 6.91. The summed E-state index contributed by atoms with van der Waals surface area (Å²) in [6.07, 6.45) is 0. The Morgan fingerprint density at radius 2 is 1.48 bits per heavy atom. The van der Waals surface area contributed by atoms with Gasteiger partial charge in [0.1, 0.15) is 0 Å². The fourth-order valence-corrected chi connectivity index (χ4v) is 3.88. The number of anilines is 2. The van der Waals surface area contributed by atoms with Crippen molar-refractivity contribution in [2.45, 2.75) is 18.4 Å². The third-order valence-electron chi connectivity index (χ3n) is 4.60. The molecule has 146 valence electrons. The molecule has 3 aromatic carbocycles. The quantitative estimate of drug-likeness (QED) is 0.507. The number of para-hydroxylation sites is 2. The molecule has 1 heterocycles. The minimum Gasteiger partial charge on any atom is -0.352 e. The van der Waals surface area contributed by atoms with Crippen molar-refractivity contribution in [1.29, 1.82) is 0 Å². The van der Waals surface area contributed by atoms with Crippen molar-refractivity contribution in [2.75, 3.05) is 16.7 Å². The minimum absolute atomic E-state index is 0.501. The largest absolute Gasteiger partial charge is 0.352 e. The fraction of sp³-hybridized carbons (Fsp3) is 0.130. The molecule has 0 aliphatic heterocycles. The predicted octanol–water partition coefficient (Wildman–Crippen LogP) is 4.71. The lowest BCUT2D eigenvalue weighted by molar-refractivity contribution is 0.686.